The predicted octanol–water partition coefficient (Wildman–Crippen LogP) is 3.14. The van der Waals surface area contributed by atoms with Gasteiger partial charge in [-0.3, -0.25) is 9.78 Å². The largest absolute Gasteiger partial charge is 0.304 e. The Kier molecular flexibility index (Phi) is 4.29. The molecule has 3 nitrogen and oxygen atoms in total. The number of allylic oxidation sites excluding steroid dienone is 2. The molecular weight excluding hydrogens is 224 g/mol. The number of rotatable bonds is 5. The fourth-order valence-corrected chi connectivity index (χ4v) is 1.95. The van der Waals surface area contributed by atoms with E-state index in [2.05, 4.69) is 24.1 Å². The second-order valence-electron chi connectivity index (χ2n) is 4.33. The van der Waals surface area contributed by atoms with Crippen LogP contribution in [-0.4, -0.2) is 9.55 Å². The van der Waals surface area contributed by atoms with Crippen LogP contribution >= 0.6 is 0 Å². The highest BCUT2D eigenvalue weighted by molar-refractivity contribution is 5.77. The van der Waals surface area contributed by atoms with Crippen LogP contribution in [-0.2, 0) is 6.54 Å². The van der Waals surface area contributed by atoms with Gasteiger partial charge in [-0.2, -0.15) is 0 Å². The monoisotopic (exact) mass is 242 g/mol. The molecule has 2 aromatic heterocycles. The Bertz CT molecular complexity index is 599. The SMILES string of the molecule is CCCCC=CCn1c(=O)ccc2cnccc21. The van der Waals surface area contributed by atoms with Crippen LogP contribution in [0.15, 0.2) is 47.5 Å². The Balaban J connectivity index is 2.24. The first-order valence-corrected chi connectivity index (χ1v) is 6.41. The molecule has 0 atom stereocenters. The van der Waals surface area contributed by atoms with Crippen LogP contribution in [0.3, 0.4) is 0 Å². The maximum Gasteiger partial charge on any atom is 0.251 e. The molecule has 0 amide bonds. The standard InChI is InChI=1S/C15H18N2O/c1-2-3-4-5-6-11-17-14-9-10-16-12-13(14)7-8-15(17)18/h5-10,12H,2-4,11H2,1H3. The van der Waals surface area contributed by atoms with Crippen molar-refractivity contribution in [2.45, 2.75) is 32.7 Å². The van der Waals surface area contributed by atoms with E-state index < -0.39 is 0 Å². The number of nitrogens with zero attached hydrogens (tertiary/aromatic N) is 2. The highest BCUT2D eigenvalue weighted by Gasteiger charge is 2.00. The number of fused-ring (bicyclic) bond motifs is 1. The molecular formula is C15H18N2O. The summed E-state index contributed by atoms with van der Waals surface area (Å²) in [6, 6.07) is 5.31. The second-order valence-corrected chi connectivity index (χ2v) is 4.33. The van der Waals surface area contributed by atoms with Gasteiger partial charge in [-0.15, -0.1) is 0 Å². The van der Waals surface area contributed by atoms with Crippen molar-refractivity contribution in [3.63, 3.8) is 0 Å². The lowest BCUT2D eigenvalue weighted by Gasteiger charge is -2.06. The maximum absolute atomic E-state index is 11.9. The van der Waals surface area contributed by atoms with Crippen molar-refractivity contribution >= 4 is 10.9 Å². The highest BCUT2D eigenvalue weighted by atomic mass is 16.1. The Morgan fingerprint density at radius 1 is 1.28 bits per heavy atom. The average Bonchev–Trinajstić information content (AvgIpc) is 2.41. The summed E-state index contributed by atoms with van der Waals surface area (Å²) in [6.45, 7) is 2.81. The molecule has 0 aliphatic heterocycles. The van der Waals surface area contributed by atoms with Crippen molar-refractivity contribution < 1.29 is 0 Å². The van der Waals surface area contributed by atoms with Crippen LogP contribution in [0.4, 0.5) is 0 Å². The molecule has 18 heavy (non-hydrogen) atoms. The van der Waals surface area contributed by atoms with E-state index in [1.54, 1.807) is 23.0 Å². The lowest BCUT2D eigenvalue weighted by molar-refractivity contribution is 0.790. The van der Waals surface area contributed by atoms with Crippen LogP contribution in [0.5, 0.6) is 0 Å². The van der Waals surface area contributed by atoms with Gasteiger partial charge in [-0.05, 0) is 18.6 Å². The second kappa shape index (κ2) is 6.15. The minimum Gasteiger partial charge on any atom is -0.304 e. The van der Waals surface area contributed by atoms with Crippen LogP contribution in [0.1, 0.15) is 26.2 Å². The molecule has 0 spiro atoms. The van der Waals surface area contributed by atoms with Crippen molar-refractivity contribution in [2.24, 2.45) is 0 Å². The Morgan fingerprint density at radius 2 is 2.17 bits per heavy atom. The lowest BCUT2D eigenvalue weighted by Crippen LogP contribution is -2.18. The molecule has 0 fully saturated rings. The molecule has 2 aromatic rings. The van der Waals surface area contributed by atoms with Crippen LogP contribution in [0.25, 0.3) is 10.9 Å². The van der Waals surface area contributed by atoms with Gasteiger partial charge in [0.1, 0.15) is 0 Å². The summed E-state index contributed by atoms with van der Waals surface area (Å²) in [4.78, 5) is 15.9. The molecule has 0 N–H and O–H groups in total. The molecule has 0 bridgehead atoms. The van der Waals surface area contributed by atoms with Gasteiger partial charge in [-0.1, -0.05) is 31.9 Å². The average molecular weight is 242 g/mol. The van der Waals surface area contributed by atoms with Gasteiger partial charge in [0, 0.05) is 30.4 Å². The van der Waals surface area contributed by atoms with Crippen molar-refractivity contribution in [3.8, 4) is 0 Å². The number of pyridine rings is 2. The van der Waals surface area contributed by atoms with Gasteiger partial charge in [0.15, 0.2) is 0 Å². The molecule has 0 saturated carbocycles. The fourth-order valence-electron chi connectivity index (χ4n) is 1.95. The Labute approximate surface area is 107 Å². The predicted molar refractivity (Wildman–Crippen MR) is 74.7 cm³/mol. The van der Waals surface area contributed by atoms with Crippen molar-refractivity contribution in [2.75, 3.05) is 0 Å². The van der Waals surface area contributed by atoms with E-state index >= 15 is 0 Å². The first-order chi connectivity index (χ1) is 8.83. The molecule has 0 aliphatic carbocycles. The van der Waals surface area contributed by atoms with Gasteiger partial charge >= 0.3 is 0 Å². The zero-order valence-corrected chi connectivity index (χ0v) is 10.7. The molecule has 2 rings (SSSR count). The Hall–Kier alpha value is -1.90. The minimum atomic E-state index is 0.0360. The van der Waals surface area contributed by atoms with Crippen LogP contribution < -0.4 is 5.56 Å². The zero-order valence-electron chi connectivity index (χ0n) is 10.7. The Morgan fingerprint density at radius 3 is 3.00 bits per heavy atom. The summed E-state index contributed by atoms with van der Waals surface area (Å²) in [6.07, 6.45) is 11.2. The number of hydrogen-bond acceptors (Lipinski definition) is 2. The van der Waals surface area contributed by atoms with Crippen molar-refractivity contribution in [1.82, 2.24) is 9.55 Å². The maximum atomic E-state index is 11.9. The fraction of sp³-hybridized carbons (Fsp3) is 0.333. The van der Waals surface area contributed by atoms with E-state index in [0.29, 0.717) is 6.54 Å². The summed E-state index contributed by atoms with van der Waals surface area (Å²) in [5.74, 6) is 0. The normalized spacial score (nSPS) is 11.4. The third-order valence-electron chi connectivity index (χ3n) is 2.97. The van der Waals surface area contributed by atoms with Gasteiger partial charge in [0.25, 0.3) is 5.56 Å². The van der Waals surface area contributed by atoms with E-state index in [1.807, 2.05) is 12.1 Å². The van der Waals surface area contributed by atoms with Gasteiger partial charge in [-0.25, -0.2) is 0 Å². The first-order valence-electron chi connectivity index (χ1n) is 6.41. The van der Waals surface area contributed by atoms with E-state index in [-0.39, 0.29) is 5.56 Å². The minimum absolute atomic E-state index is 0.0360. The first kappa shape index (κ1) is 12.6. The molecule has 0 unspecified atom stereocenters. The molecule has 0 aromatic carbocycles. The zero-order chi connectivity index (χ0) is 12.8. The van der Waals surface area contributed by atoms with Crippen molar-refractivity contribution in [3.05, 3.63) is 53.1 Å². The van der Waals surface area contributed by atoms with Crippen molar-refractivity contribution in [1.29, 1.82) is 0 Å². The third kappa shape index (κ3) is 2.86. The summed E-state index contributed by atoms with van der Waals surface area (Å²) in [5, 5.41) is 0.999. The van der Waals surface area contributed by atoms with E-state index in [1.165, 1.54) is 12.8 Å². The molecule has 3 heteroatoms. The summed E-state index contributed by atoms with van der Waals surface area (Å²) >= 11 is 0. The molecule has 94 valence electrons. The van der Waals surface area contributed by atoms with Crippen LogP contribution in [0.2, 0.25) is 0 Å². The van der Waals surface area contributed by atoms with Gasteiger partial charge in [0.2, 0.25) is 0 Å². The van der Waals surface area contributed by atoms with Gasteiger partial charge in [0.05, 0.1) is 5.52 Å². The van der Waals surface area contributed by atoms with E-state index in [0.717, 1.165) is 17.3 Å². The molecule has 2 heterocycles. The van der Waals surface area contributed by atoms with Gasteiger partial charge < -0.3 is 4.57 Å². The summed E-state index contributed by atoms with van der Waals surface area (Å²) in [7, 11) is 0. The molecule has 0 radical (unpaired) electrons. The molecule has 0 aliphatic rings. The number of unbranched alkanes of at least 4 members (excludes halogenated alkanes) is 2. The van der Waals surface area contributed by atoms with E-state index in [9.17, 15) is 4.79 Å². The lowest BCUT2D eigenvalue weighted by atomic mass is 10.2. The number of hydrogen-bond donors (Lipinski definition) is 0. The third-order valence-corrected chi connectivity index (χ3v) is 2.97. The highest BCUT2D eigenvalue weighted by Crippen LogP contribution is 2.09. The van der Waals surface area contributed by atoms with E-state index in [4.69, 9.17) is 0 Å². The quantitative estimate of drug-likeness (QED) is 0.596. The van der Waals surface area contributed by atoms with Crippen LogP contribution in [0, 0.1) is 0 Å². The smallest absolute Gasteiger partial charge is 0.251 e. The topological polar surface area (TPSA) is 34.9 Å². The summed E-state index contributed by atoms with van der Waals surface area (Å²) < 4.78 is 1.78. The molecule has 0 saturated heterocycles. The number of aromatic nitrogens is 2. The summed E-state index contributed by atoms with van der Waals surface area (Å²) in [5.41, 5.74) is 0.978.